The van der Waals surface area contributed by atoms with Crippen LogP contribution in [0.4, 0.5) is 0 Å². The van der Waals surface area contributed by atoms with E-state index in [-0.39, 0.29) is 29.9 Å². The van der Waals surface area contributed by atoms with Crippen LogP contribution in [0.1, 0.15) is 38.8 Å². The Balaban J connectivity index is 2.47. The highest BCUT2D eigenvalue weighted by atomic mass is 16.3. The van der Waals surface area contributed by atoms with Gasteiger partial charge in [0.1, 0.15) is 0 Å². The second-order valence-corrected chi connectivity index (χ2v) is 5.66. The maximum atomic E-state index is 12.1. The lowest BCUT2D eigenvalue weighted by molar-refractivity contribution is -0.125. The van der Waals surface area contributed by atoms with Crippen LogP contribution < -0.4 is 11.1 Å². The fraction of sp³-hybridized carbons (Fsp3) is 0.562. The molecule has 0 aliphatic carbocycles. The lowest BCUT2D eigenvalue weighted by Crippen LogP contribution is -2.38. The first kappa shape index (κ1) is 16.7. The zero-order valence-corrected chi connectivity index (χ0v) is 12.5. The van der Waals surface area contributed by atoms with Gasteiger partial charge in [-0.05, 0) is 24.8 Å². The van der Waals surface area contributed by atoms with Crippen LogP contribution >= 0.6 is 0 Å². The van der Waals surface area contributed by atoms with E-state index < -0.39 is 0 Å². The van der Waals surface area contributed by atoms with Crippen molar-refractivity contribution in [3.8, 4) is 0 Å². The molecule has 0 radical (unpaired) electrons. The normalized spacial score (nSPS) is 17.1. The SMILES string of the molecule is CC(O)CC(C)CNC(=O)C(C)C(N)c1ccccc1. The van der Waals surface area contributed by atoms with Crippen LogP contribution in [0.5, 0.6) is 0 Å². The molecule has 4 nitrogen and oxygen atoms in total. The number of aliphatic hydroxyl groups is 1. The molecule has 0 aliphatic heterocycles. The molecule has 0 saturated heterocycles. The van der Waals surface area contributed by atoms with E-state index in [2.05, 4.69) is 5.32 Å². The Morgan fingerprint density at radius 1 is 1.25 bits per heavy atom. The highest BCUT2D eigenvalue weighted by Crippen LogP contribution is 2.19. The molecule has 0 heterocycles. The first-order valence-corrected chi connectivity index (χ1v) is 7.18. The molecule has 112 valence electrons. The number of nitrogens with one attached hydrogen (secondary N) is 1. The number of carbonyl (C=O) groups is 1. The van der Waals surface area contributed by atoms with E-state index in [1.807, 2.05) is 44.2 Å². The summed E-state index contributed by atoms with van der Waals surface area (Å²) in [6.45, 7) is 6.17. The van der Waals surface area contributed by atoms with E-state index in [0.717, 1.165) is 5.56 Å². The molecule has 4 unspecified atom stereocenters. The number of benzene rings is 1. The van der Waals surface area contributed by atoms with Crippen molar-refractivity contribution in [2.75, 3.05) is 6.54 Å². The summed E-state index contributed by atoms with van der Waals surface area (Å²) in [7, 11) is 0. The molecule has 0 bridgehead atoms. The Morgan fingerprint density at radius 3 is 2.40 bits per heavy atom. The summed E-state index contributed by atoms with van der Waals surface area (Å²) in [6.07, 6.45) is 0.338. The third kappa shape index (κ3) is 5.31. The van der Waals surface area contributed by atoms with Crippen LogP contribution in [-0.4, -0.2) is 23.7 Å². The molecule has 1 aromatic carbocycles. The van der Waals surface area contributed by atoms with Gasteiger partial charge in [0.2, 0.25) is 5.91 Å². The molecule has 0 spiro atoms. The molecular formula is C16H26N2O2. The van der Waals surface area contributed by atoms with Gasteiger partial charge in [0.15, 0.2) is 0 Å². The molecule has 20 heavy (non-hydrogen) atoms. The summed E-state index contributed by atoms with van der Waals surface area (Å²) in [5.74, 6) is -0.0750. The summed E-state index contributed by atoms with van der Waals surface area (Å²) < 4.78 is 0. The predicted octanol–water partition coefficient (Wildman–Crippen LogP) is 1.85. The van der Waals surface area contributed by atoms with Crippen LogP contribution in [0.2, 0.25) is 0 Å². The van der Waals surface area contributed by atoms with E-state index in [1.165, 1.54) is 0 Å². The molecule has 1 aromatic rings. The van der Waals surface area contributed by atoms with Gasteiger partial charge in [0.05, 0.1) is 12.0 Å². The summed E-state index contributed by atoms with van der Waals surface area (Å²) in [5.41, 5.74) is 7.09. The first-order valence-electron chi connectivity index (χ1n) is 7.18. The average molecular weight is 278 g/mol. The lowest BCUT2D eigenvalue weighted by atomic mass is 9.94. The first-order chi connectivity index (χ1) is 9.41. The Morgan fingerprint density at radius 2 is 1.85 bits per heavy atom. The molecule has 1 amide bonds. The van der Waals surface area contributed by atoms with Crippen molar-refractivity contribution in [2.45, 2.75) is 39.3 Å². The highest BCUT2D eigenvalue weighted by molar-refractivity contribution is 5.79. The van der Waals surface area contributed by atoms with E-state index in [4.69, 9.17) is 5.73 Å². The number of nitrogens with two attached hydrogens (primary N) is 1. The van der Waals surface area contributed by atoms with E-state index in [9.17, 15) is 9.90 Å². The van der Waals surface area contributed by atoms with Gasteiger partial charge in [-0.15, -0.1) is 0 Å². The van der Waals surface area contributed by atoms with E-state index in [1.54, 1.807) is 6.92 Å². The van der Waals surface area contributed by atoms with Crippen LogP contribution in [0.3, 0.4) is 0 Å². The molecule has 4 atom stereocenters. The van der Waals surface area contributed by atoms with Gasteiger partial charge in [0, 0.05) is 12.6 Å². The molecule has 1 rings (SSSR count). The Bertz CT molecular complexity index is 406. The number of hydrogen-bond donors (Lipinski definition) is 3. The fourth-order valence-electron chi connectivity index (χ4n) is 2.23. The summed E-state index contributed by atoms with van der Waals surface area (Å²) in [6, 6.07) is 9.34. The number of hydrogen-bond acceptors (Lipinski definition) is 3. The van der Waals surface area contributed by atoms with Crippen molar-refractivity contribution in [2.24, 2.45) is 17.6 Å². The predicted molar refractivity (Wildman–Crippen MR) is 81.0 cm³/mol. The number of aliphatic hydroxyl groups excluding tert-OH is 1. The van der Waals surface area contributed by atoms with Gasteiger partial charge < -0.3 is 16.2 Å². The highest BCUT2D eigenvalue weighted by Gasteiger charge is 2.22. The Labute approximate surface area is 121 Å². The number of rotatable bonds is 7. The van der Waals surface area contributed by atoms with Gasteiger partial charge in [0.25, 0.3) is 0 Å². The van der Waals surface area contributed by atoms with Crippen molar-refractivity contribution in [1.29, 1.82) is 0 Å². The maximum absolute atomic E-state index is 12.1. The van der Waals surface area contributed by atoms with Gasteiger partial charge in [-0.1, -0.05) is 44.2 Å². The maximum Gasteiger partial charge on any atom is 0.224 e. The Hall–Kier alpha value is -1.39. The average Bonchev–Trinajstić information content (AvgIpc) is 2.43. The zero-order valence-electron chi connectivity index (χ0n) is 12.5. The molecule has 0 aliphatic rings. The van der Waals surface area contributed by atoms with Crippen molar-refractivity contribution in [3.05, 3.63) is 35.9 Å². The minimum atomic E-state index is -0.342. The lowest BCUT2D eigenvalue weighted by Gasteiger charge is -2.21. The van der Waals surface area contributed by atoms with Crippen LogP contribution in [0.25, 0.3) is 0 Å². The van der Waals surface area contributed by atoms with Crippen LogP contribution in [0.15, 0.2) is 30.3 Å². The second-order valence-electron chi connectivity index (χ2n) is 5.66. The fourth-order valence-corrected chi connectivity index (χ4v) is 2.23. The van der Waals surface area contributed by atoms with Crippen molar-refractivity contribution in [1.82, 2.24) is 5.32 Å². The summed E-state index contributed by atoms with van der Waals surface area (Å²) in [5, 5.41) is 12.2. The number of amides is 1. The van der Waals surface area contributed by atoms with Crippen LogP contribution in [-0.2, 0) is 4.79 Å². The molecule has 0 aromatic heterocycles. The Kier molecular flexibility index (Phi) is 6.68. The largest absolute Gasteiger partial charge is 0.393 e. The second kappa shape index (κ2) is 8.02. The molecule has 4 heteroatoms. The number of carbonyl (C=O) groups excluding carboxylic acids is 1. The summed E-state index contributed by atoms with van der Waals surface area (Å²) in [4.78, 5) is 12.1. The molecular weight excluding hydrogens is 252 g/mol. The van der Waals surface area contributed by atoms with Crippen LogP contribution in [0, 0.1) is 11.8 Å². The smallest absolute Gasteiger partial charge is 0.224 e. The third-order valence-corrected chi connectivity index (χ3v) is 3.50. The topological polar surface area (TPSA) is 75.3 Å². The van der Waals surface area contributed by atoms with E-state index in [0.29, 0.717) is 13.0 Å². The molecule has 0 fully saturated rings. The van der Waals surface area contributed by atoms with Crippen molar-refractivity contribution < 1.29 is 9.90 Å². The molecule has 4 N–H and O–H groups in total. The molecule has 0 saturated carbocycles. The van der Waals surface area contributed by atoms with Gasteiger partial charge >= 0.3 is 0 Å². The zero-order chi connectivity index (χ0) is 15.1. The van der Waals surface area contributed by atoms with Crippen molar-refractivity contribution >= 4 is 5.91 Å². The van der Waals surface area contributed by atoms with Crippen molar-refractivity contribution in [3.63, 3.8) is 0 Å². The van der Waals surface area contributed by atoms with Gasteiger partial charge in [-0.2, -0.15) is 0 Å². The van der Waals surface area contributed by atoms with Gasteiger partial charge in [-0.3, -0.25) is 4.79 Å². The van der Waals surface area contributed by atoms with E-state index >= 15 is 0 Å². The van der Waals surface area contributed by atoms with Gasteiger partial charge in [-0.25, -0.2) is 0 Å². The summed E-state index contributed by atoms with van der Waals surface area (Å²) >= 11 is 0. The third-order valence-electron chi connectivity index (χ3n) is 3.50. The minimum Gasteiger partial charge on any atom is -0.393 e. The monoisotopic (exact) mass is 278 g/mol. The minimum absolute atomic E-state index is 0.0428. The quantitative estimate of drug-likeness (QED) is 0.712. The standard InChI is InChI=1S/C16H26N2O2/c1-11(9-12(2)19)10-18-16(20)13(3)15(17)14-7-5-4-6-8-14/h4-8,11-13,15,19H,9-10,17H2,1-3H3,(H,18,20).